The zero-order valence-corrected chi connectivity index (χ0v) is 12.0. The second-order valence-electron chi connectivity index (χ2n) is 4.26. The van der Waals surface area contributed by atoms with Crippen molar-refractivity contribution in [2.24, 2.45) is 0 Å². The van der Waals surface area contributed by atoms with E-state index in [9.17, 15) is 4.79 Å². The van der Waals surface area contributed by atoms with Crippen LogP contribution in [0.15, 0.2) is 18.2 Å². The highest BCUT2D eigenvalue weighted by atomic mass is 16.5. The average Bonchev–Trinajstić information content (AvgIpc) is 2.38. The minimum Gasteiger partial charge on any atom is -0.494 e. The first-order valence-corrected chi connectivity index (χ1v) is 6.76. The monoisotopic (exact) mass is 265 g/mol. The first-order valence-electron chi connectivity index (χ1n) is 6.76. The van der Waals surface area contributed by atoms with Crippen LogP contribution < -0.4 is 10.1 Å². The first kappa shape index (κ1) is 15.5. The van der Waals surface area contributed by atoms with Crippen LogP contribution in [0.25, 0.3) is 0 Å². The molecule has 0 saturated carbocycles. The topological polar surface area (TPSA) is 47.6 Å². The lowest BCUT2D eigenvalue weighted by atomic mass is 10.1. The normalized spacial score (nSPS) is 10.3. The van der Waals surface area contributed by atoms with Gasteiger partial charge in [-0.25, -0.2) is 0 Å². The largest absolute Gasteiger partial charge is 0.494 e. The van der Waals surface area contributed by atoms with E-state index in [0.717, 1.165) is 24.3 Å². The van der Waals surface area contributed by atoms with E-state index in [2.05, 4.69) is 17.4 Å². The van der Waals surface area contributed by atoms with Crippen molar-refractivity contribution < 1.29 is 14.3 Å². The molecule has 0 amide bonds. The Hall–Kier alpha value is -1.55. The Kier molecular flexibility index (Phi) is 6.97. The molecule has 106 valence electrons. The Morgan fingerprint density at radius 2 is 2.05 bits per heavy atom. The van der Waals surface area contributed by atoms with Crippen molar-refractivity contribution >= 4 is 5.97 Å². The zero-order chi connectivity index (χ0) is 14.1. The SMILES string of the molecule is CCOC(=O)CNCCc1ccc(OCC)c(C)c1. The molecule has 0 aliphatic rings. The van der Waals surface area contributed by atoms with Gasteiger partial charge in [0.25, 0.3) is 0 Å². The van der Waals surface area contributed by atoms with Gasteiger partial charge in [-0.1, -0.05) is 12.1 Å². The van der Waals surface area contributed by atoms with Crippen molar-refractivity contribution in [1.29, 1.82) is 0 Å². The number of carbonyl (C=O) groups is 1. The Balaban J connectivity index is 2.33. The molecule has 0 bridgehead atoms. The molecule has 1 aromatic rings. The summed E-state index contributed by atoms with van der Waals surface area (Å²) in [6.45, 7) is 7.96. The van der Waals surface area contributed by atoms with Gasteiger partial charge in [-0.2, -0.15) is 0 Å². The molecule has 1 aromatic carbocycles. The van der Waals surface area contributed by atoms with Gasteiger partial charge >= 0.3 is 5.97 Å². The smallest absolute Gasteiger partial charge is 0.319 e. The van der Waals surface area contributed by atoms with Gasteiger partial charge in [-0.05, 0) is 50.9 Å². The summed E-state index contributed by atoms with van der Waals surface area (Å²) in [5.41, 5.74) is 2.38. The molecule has 0 saturated heterocycles. The third kappa shape index (κ3) is 5.75. The van der Waals surface area contributed by atoms with Gasteiger partial charge in [0.1, 0.15) is 5.75 Å². The minimum absolute atomic E-state index is 0.203. The van der Waals surface area contributed by atoms with Crippen LogP contribution in [0.3, 0.4) is 0 Å². The first-order chi connectivity index (χ1) is 9.17. The van der Waals surface area contributed by atoms with Gasteiger partial charge in [-0.15, -0.1) is 0 Å². The van der Waals surface area contributed by atoms with E-state index in [0.29, 0.717) is 13.2 Å². The molecule has 0 aliphatic heterocycles. The van der Waals surface area contributed by atoms with Gasteiger partial charge < -0.3 is 14.8 Å². The number of ether oxygens (including phenoxy) is 2. The molecule has 0 radical (unpaired) electrons. The maximum atomic E-state index is 11.1. The molecule has 1 rings (SSSR count). The maximum Gasteiger partial charge on any atom is 0.319 e. The van der Waals surface area contributed by atoms with Crippen LogP contribution in [-0.4, -0.2) is 32.3 Å². The lowest BCUT2D eigenvalue weighted by Gasteiger charge is -2.09. The lowest BCUT2D eigenvalue weighted by Crippen LogP contribution is -2.26. The van der Waals surface area contributed by atoms with Crippen molar-refractivity contribution in [3.63, 3.8) is 0 Å². The van der Waals surface area contributed by atoms with Crippen molar-refractivity contribution in [2.45, 2.75) is 27.2 Å². The van der Waals surface area contributed by atoms with Gasteiger partial charge in [0, 0.05) is 0 Å². The number of rotatable bonds is 8. The minimum atomic E-state index is -0.203. The van der Waals surface area contributed by atoms with E-state index < -0.39 is 0 Å². The lowest BCUT2D eigenvalue weighted by molar-refractivity contribution is -0.141. The summed E-state index contributed by atoms with van der Waals surface area (Å²) in [5.74, 6) is 0.733. The Labute approximate surface area is 115 Å². The number of hydrogen-bond donors (Lipinski definition) is 1. The van der Waals surface area contributed by atoms with Crippen LogP contribution in [0, 0.1) is 6.92 Å². The van der Waals surface area contributed by atoms with E-state index in [1.54, 1.807) is 6.92 Å². The van der Waals surface area contributed by atoms with Crippen LogP contribution in [0.1, 0.15) is 25.0 Å². The fourth-order valence-corrected chi connectivity index (χ4v) is 1.82. The highest BCUT2D eigenvalue weighted by Gasteiger charge is 2.02. The Morgan fingerprint density at radius 1 is 1.26 bits per heavy atom. The zero-order valence-electron chi connectivity index (χ0n) is 12.0. The molecule has 0 fully saturated rings. The summed E-state index contributed by atoms with van der Waals surface area (Å²) >= 11 is 0. The van der Waals surface area contributed by atoms with Crippen LogP contribution in [0.5, 0.6) is 5.75 Å². The molecule has 0 atom stereocenters. The van der Waals surface area contributed by atoms with Crippen molar-refractivity contribution in [1.82, 2.24) is 5.32 Å². The molecular weight excluding hydrogens is 242 g/mol. The number of nitrogens with one attached hydrogen (secondary N) is 1. The van der Waals surface area contributed by atoms with Gasteiger partial charge in [0.2, 0.25) is 0 Å². The van der Waals surface area contributed by atoms with Gasteiger partial charge in [0.15, 0.2) is 0 Å². The third-order valence-electron chi connectivity index (χ3n) is 2.70. The van der Waals surface area contributed by atoms with Gasteiger partial charge in [0.05, 0.1) is 19.8 Å². The van der Waals surface area contributed by atoms with E-state index in [4.69, 9.17) is 9.47 Å². The van der Waals surface area contributed by atoms with Gasteiger partial charge in [-0.3, -0.25) is 4.79 Å². The fraction of sp³-hybridized carbons (Fsp3) is 0.533. The quantitative estimate of drug-likeness (QED) is 0.577. The van der Waals surface area contributed by atoms with E-state index in [1.165, 1.54) is 5.56 Å². The number of hydrogen-bond acceptors (Lipinski definition) is 4. The van der Waals surface area contributed by atoms with E-state index in [-0.39, 0.29) is 12.5 Å². The summed E-state index contributed by atoms with van der Waals surface area (Å²) in [4.78, 5) is 11.1. The Bertz CT molecular complexity index is 404. The van der Waals surface area contributed by atoms with Crippen LogP contribution in [0.2, 0.25) is 0 Å². The standard InChI is InChI=1S/C15H23NO3/c1-4-18-14-7-6-13(10-12(14)3)8-9-16-11-15(17)19-5-2/h6-7,10,16H,4-5,8-9,11H2,1-3H3. The molecule has 4 heteroatoms. The summed E-state index contributed by atoms with van der Waals surface area (Å²) in [7, 11) is 0. The molecule has 0 unspecified atom stereocenters. The van der Waals surface area contributed by atoms with Crippen molar-refractivity contribution in [3.8, 4) is 5.75 Å². The number of carbonyl (C=O) groups excluding carboxylic acids is 1. The summed E-state index contributed by atoms with van der Waals surface area (Å²) in [6, 6.07) is 6.18. The molecule has 4 nitrogen and oxygen atoms in total. The molecule has 0 aliphatic carbocycles. The Morgan fingerprint density at radius 3 is 2.68 bits per heavy atom. The van der Waals surface area contributed by atoms with Crippen LogP contribution in [-0.2, 0) is 16.0 Å². The van der Waals surface area contributed by atoms with E-state index in [1.807, 2.05) is 19.9 Å². The highest BCUT2D eigenvalue weighted by Crippen LogP contribution is 2.19. The second kappa shape index (κ2) is 8.53. The fourth-order valence-electron chi connectivity index (χ4n) is 1.82. The molecule has 0 heterocycles. The summed E-state index contributed by atoms with van der Waals surface area (Å²) < 4.78 is 10.3. The van der Waals surface area contributed by atoms with Crippen molar-refractivity contribution in [3.05, 3.63) is 29.3 Å². The molecular formula is C15H23NO3. The van der Waals surface area contributed by atoms with Crippen LogP contribution >= 0.6 is 0 Å². The maximum absolute atomic E-state index is 11.1. The highest BCUT2D eigenvalue weighted by molar-refractivity contribution is 5.71. The number of benzene rings is 1. The number of esters is 1. The molecule has 19 heavy (non-hydrogen) atoms. The van der Waals surface area contributed by atoms with E-state index >= 15 is 0 Å². The predicted octanol–water partition coefficient (Wildman–Crippen LogP) is 2.09. The predicted molar refractivity (Wildman–Crippen MR) is 75.6 cm³/mol. The van der Waals surface area contributed by atoms with Crippen LogP contribution in [0.4, 0.5) is 0 Å². The molecule has 0 aromatic heterocycles. The average molecular weight is 265 g/mol. The summed E-state index contributed by atoms with van der Waals surface area (Å²) in [6.07, 6.45) is 0.882. The number of aryl methyl sites for hydroxylation is 1. The van der Waals surface area contributed by atoms with Crippen molar-refractivity contribution in [2.75, 3.05) is 26.3 Å². The molecule has 0 spiro atoms. The summed E-state index contributed by atoms with van der Waals surface area (Å²) in [5, 5.41) is 3.07. The second-order valence-corrected chi connectivity index (χ2v) is 4.26. The third-order valence-corrected chi connectivity index (χ3v) is 2.70. The molecule has 1 N–H and O–H groups in total.